The Morgan fingerprint density at radius 1 is 1.18 bits per heavy atom. The van der Waals surface area contributed by atoms with Crippen molar-refractivity contribution < 1.29 is 4.74 Å². The molecule has 1 N–H and O–H groups in total. The lowest BCUT2D eigenvalue weighted by Crippen LogP contribution is -2.35. The van der Waals surface area contributed by atoms with Gasteiger partial charge < -0.3 is 15.0 Å². The highest BCUT2D eigenvalue weighted by Gasteiger charge is 2.12. The topological polar surface area (TPSA) is 24.5 Å². The molecule has 0 aromatic rings. The van der Waals surface area contributed by atoms with E-state index in [9.17, 15) is 0 Å². The summed E-state index contributed by atoms with van der Waals surface area (Å²) in [7, 11) is 2.19. The van der Waals surface area contributed by atoms with Crippen LogP contribution in [0.1, 0.15) is 41.0 Å². The summed E-state index contributed by atoms with van der Waals surface area (Å²) in [6.07, 6.45) is 1.45. The summed E-state index contributed by atoms with van der Waals surface area (Å²) < 4.78 is 5.48. The van der Waals surface area contributed by atoms with Crippen LogP contribution in [0, 0.1) is 5.41 Å². The molecule has 0 amide bonds. The van der Waals surface area contributed by atoms with E-state index in [2.05, 4.69) is 51.9 Å². The van der Waals surface area contributed by atoms with Gasteiger partial charge >= 0.3 is 0 Å². The van der Waals surface area contributed by atoms with Crippen LogP contribution in [0.2, 0.25) is 0 Å². The van der Waals surface area contributed by atoms with Gasteiger partial charge in [0.2, 0.25) is 0 Å². The molecule has 0 saturated heterocycles. The third kappa shape index (κ3) is 13.8. The molecule has 3 nitrogen and oxygen atoms in total. The maximum Gasteiger partial charge on any atom is 0.0518 e. The Balaban J connectivity index is 3.28. The molecule has 0 aromatic heterocycles. The van der Waals surface area contributed by atoms with E-state index in [1.807, 2.05) is 0 Å². The average molecular weight is 244 g/mol. The zero-order valence-corrected chi connectivity index (χ0v) is 12.7. The van der Waals surface area contributed by atoms with Gasteiger partial charge in [-0.25, -0.2) is 0 Å². The quantitative estimate of drug-likeness (QED) is 0.630. The molecule has 3 heteroatoms. The maximum absolute atomic E-state index is 5.48. The summed E-state index contributed by atoms with van der Waals surface area (Å²) in [4.78, 5) is 2.39. The first-order valence-electron chi connectivity index (χ1n) is 6.82. The highest BCUT2D eigenvalue weighted by molar-refractivity contribution is 4.67. The van der Waals surface area contributed by atoms with E-state index >= 15 is 0 Å². The Hall–Kier alpha value is -0.120. The van der Waals surface area contributed by atoms with Gasteiger partial charge in [-0.15, -0.1) is 0 Å². The van der Waals surface area contributed by atoms with E-state index in [-0.39, 0.29) is 0 Å². The first-order chi connectivity index (χ1) is 7.81. The highest BCUT2D eigenvalue weighted by atomic mass is 16.5. The van der Waals surface area contributed by atoms with Crippen LogP contribution in [0.25, 0.3) is 0 Å². The van der Waals surface area contributed by atoms with Gasteiger partial charge in [-0.3, -0.25) is 0 Å². The summed E-state index contributed by atoms with van der Waals surface area (Å²) >= 11 is 0. The van der Waals surface area contributed by atoms with Crippen LogP contribution in [0.4, 0.5) is 0 Å². The van der Waals surface area contributed by atoms with Gasteiger partial charge in [0.05, 0.1) is 6.10 Å². The maximum atomic E-state index is 5.48. The van der Waals surface area contributed by atoms with Crippen LogP contribution in [0.15, 0.2) is 0 Å². The predicted molar refractivity (Wildman–Crippen MR) is 75.5 cm³/mol. The predicted octanol–water partition coefficient (Wildman–Crippen LogP) is 2.37. The summed E-state index contributed by atoms with van der Waals surface area (Å²) in [6, 6.07) is 0. The van der Waals surface area contributed by atoms with Crippen molar-refractivity contribution in [1.29, 1.82) is 0 Å². The molecule has 0 aromatic carbocycles. The van der Waals surface area contributed by atoms with E-state index in [1.165, 1.54) is 0 Å². The van der Waals surface area contributed by atoms with Crippen molar-refractivity contribution in [2.75, 3.05) is 39.8 Å². The fourth-order valence-corrected chi connectivity index (χ4v) is 1.80. The van der Waals surface area contributed by atoms with Crippen molar-refractivity contribution in [3.8, 4) is 0 Å². The SMILES string of the molecule is CC(C)OCCCNCCN(C)CC(C)(C)C. The molecule has 0 heterocycles. The molecule has 0 rings (SSSR count). The number of rotatable bonds is 9. The first kappa shape index (κ1) is 16.9. The van der Waals surface area contributed by atoms with E-state index in [0.717, 1.165) is 39.2 Å². The van der Waals surface area contributed by atoms with E-state index in [4.69, 9.17) is 4.74 Å². The molecule has 104 valence electrons. The smallest absolute Gasteiger partial charge is 0.0518 e. The number of hydrogen-bond donors (Lipinski definition) is 1. The minimum Gasteiger partial charge on any atom is -0.379 e. The van der Waals surface area contributed by atoms with Crippen LogP contribution in [-0.2, 0) is 4.74 Å². The Bertz CT molecular complexity index is 176. The van der Waals surface area contributed by atoms with Crippen LogP contribution in [-0.4, -0.2) is 50.8 Å². The van der Waals surface area contributed by atoms with Crippen LogP contribution >= 0.6 is 0 Å². The number of hydrogen-bond acceptors (Lipinski definition) is 3. The Kier molecular flexibility index (Phi) is 8.83. The zero-order valence-electron chi connectivity index (χ0n) is 12.7. The largest absolute Gasteiger partial charge is 0.379 e. The molecular weight excluding hydrogens is 212 g/mol. The van der Waals surface area contributed by atoms with Crippen LogP contribution < -0.4 is 5.32 Å². The van der Waals surface area contributed by atoms with Crippen molar-refractivity contribution in [2.24, 2.45) is 5.41 Å². The van der Waals surface area contributed by atoms with Crippen molar-refractivity contribution in [3.63, 3.8) is 0 Å². The van der Waals surface area contributed by atoms with E-state index in [1.54, 1.807) is 0 Å². The molecular formula is C14H32N2O. The summed E-state index contributed by atoms with van der Waals surface area (Å²) in [6.45, 7) is 16.2. The molecule has 0 fully saturated rings. The Labute approximate surface area is 108 Å². The second kappa shape index (κ2) is 8.90. The molecule has 0 radical (unpaired) electrons. The van der Waals surface area contributed by atoms with Gasteiger partial charge in [0.15, 0.2) is 0 Å². The lowest BCUT2D eigenvalue weighted by atomic mass is 9.96. The number of likely N-dealkylation sites (N-methyl/N-ethyl adjacent to an activating group) is 1. The normalized spacial score (nSPS) is 12.7. The molecule has 17 heavy (non-hydrogen) atoms. The lowest BCUT2D eigenvalue weighted by molar-refractivity contribution is 0.0770. The molecule has 0 bridgehead atoms. The third-order valence-corrected chi connectivity index (χ3v) is 2.36. The summed E-state index contributed by atoms with van der Waals surface area (Å²) in [5.74, 6) is 0. The number of ether oxygens (including phenoxy) is 1. The molecule has 0 aliphatic rings. The monoisotopic (exact) mass is 244 g/mol. The van der Waals surface area contributed by atoms with Gasteiger partial charge in [0.1, 0.15) is 0 Å². The third-order valence-electron chi connectivity index (χ3n) is 2.36. The summed E-state index contributed by atoms with van der Waals surface area (Å²) in [5.41, 5.74) is 0.389. The number of nitrogens with zero attached hydrogens (tertiary/aromatic N) is 1. The average Bonchev–Trinajstić information content (AvgIpc) is 2.12. The second-order valence-corrected chi connectivity index (χ2v) is 6.32. The van der Waals surface area contributed by atoms with Gasteiger partial charge in [0, 0.05) is 26.2 Å². The number of nitrogens with one attached hydrogen (secondary N) is 1. The van der Waals surface area contributed by atoms with Crippen LogP contribution in [0.3, 0.4) is 0 Å². The molecule has 0 aliphatic heterocycles. The van der Waals surface area contributed by atoms with Gasteiger partial charge in [-0.2, -0.15) is 0 Å². The van der Waals surface area contributed by atoms with E-state index < -0.39 is 0 Å². The molecule has 0 unspecified atom stereocenters. The molecule has 0 spiro atoms. The van der Waals surface area contributed by atoms with Gasteiger partial charge in [-0.1, -0.05) is 20.8 Å². The first-order valence-corrected chi connectivity index (χ1v) is 6.82. The fourth-order valence-electron chi connectivity index (χ4n) is 1.80. The Morgan fingerprint density at radius 2 is 1.82 bits per heavy atom. The summed E-state index contributed by atoms with van der Waals surface area (Å²) in [5, 5.41) is 3.45. The second-order valence-electron chi connectivity index (χ2n) is 6.32. The van der Waals surface area contributed by atoms with Crippen molar-refractivity contribution in [3.05, 3.63) is 0 Å². The molecule has 0 atom stereocenters. The molecule has 0 saturated carbocycles. The fraction of sp³-hybridized carbons (Fsp3) is 1.00. The minimum atomic E-state index is 0.355. The van der Waals surface area contributed by atoms with Crippen molar-refractivity contribution >= 4 is 0 Å². The molecule has 0 aliphatic carbocycles. The lowest BCUT2D eigenvalue weighted by Gasteiger charge is -2.26. The van der Waals surface area contributed by atoms with Crippen LogP contribution in [0.5, 0.6) is 0 Å². The minimum absolute atomic E-state index is 0.355. The van der Waals surface area contributed by atoms with Crippen molar-refractivity contribution in [1.82, 2.24) is 10.2 Å². The van der Waals surface area contributed by atoms with E-state index in [0.29, 0.717) is 11.5 Å². The van der Waals surface area contributed by atoms with Gasteiger partial charge in [-0.05, 0) is 39.3 Å². The van der Waals surface area contributed by atoms with Crippen molar-refractivity contribution in [2.45, 2.75) is 47.1 Å². The Morgan fingerprint density at radius 3 is 2.35 bits per heavy atom. The standard InChI is InChI=1S/C14H32N2O/c1-13(2)17-11-7-8-15-9-10-16(6)12-14(3,4)5/h13,15H,7-12H2,1-6H3. The zero-order chi connectivity index (χ0) is 13.3. The highest BCUT2D eigenvalue weighted by Crippen LogP contribution is 2.13. The van der Waals surface area contributed by atoms with Gasteiger partial charge in [0.25, 0.3) is 0 Å².